The van der Waals surface area contributed by atoms with Gasteiger partial charge in [-0.05, 0) is 41.5 Å². The van der Waals surface area contributed by atoms with Gasteiger partial charge in [-0.2, -0.15) is 0 Å². The molecule has 3 aromatic rings. The number of carboxylic acids is 1. The largest absolute Gasteiger partial charge is 0.478 e. The molecule has 1 N–H and O–H groups in total. The number of hydrogen-bond donors (Lipinski definition) is 1. The molecule has 0 saturated carbocycles. The van der Waals surface area contributed by atoms with Crippen molar-refractivity contribution in [3.05, 3.63) is 96.1 Å². The monoisotopic (exact) mass is 316 g/mol. The van der Waals surface area contributed by atoms with Crippen LogP contribution in [0.2, 0.25) is 0 Å². The molecule has 0 aliphatic carbocycles. The Hall–Kier alpha value is -3.33. The second-order valence-electron chi connectivity index (χ2n) is 5.22. The first kappa shape index (κ1) is 15.6. The van der Waals surface area contributed by atoms with Crippen LogP contribution in [0.1, 0.15) is 11.1 Å². The number of aliphatic carboxylic acids is 1. The Labute approximate surface area is 140 Å². The third-order valence-electron chi connectivity index (χ3n) is 3.46. The number of carbonyl (C=O) groups is 1. The molecule has 0 saturated heterocycles. The lowest BCUT2D eigenvalue weighted by Gasteiger charge is -2.07. The number of ether oxygens (including phenoxy) is 1. The maximum atomic E-state index is 11.6. The molecule has 0 atom stereocenters. The molecule has 0 amide bonds. The molecule has 0 unspecified atom stereocenters. The van der Waals surface area contributed by atoms with Crippen LogP contribution >= 0.6 is 0 Å². The predicted molar refractivity (Wildman–Crippen MR) is 94.9 cm³/mol. The minimum absolute atomic E-state index is 0.243. The van der Waals surface area contributed by atoms with Crippen LogP contribution in [0, 0.1) is 0 Å². The van der Waals surface area contributed by atoms with E-state index in [0.29, 0.717) is 11.3 Å². The average Bonchev–Trinajstić information content (AvgIpc) is 2.61. The highest BCUT2D eigenvalue weighted by Crippen LogP contribution is 2.24. The second-order valence-corrected chi connectivity index (χ2v) is 5.22. The molecule has 3 heteroatoms. The highest BCUT2D eigenvalue weighted by Gasteiger charge is 2.10. The van der Waals surface area contributed by atoms with E-state index in [4.69, 9.17) is 4.74 Å². The molecule has 24 heavy (non-hydrogen) atoms. The molecule has 0 aromatic heterocycles. The minimum atomic E-state index is -0.962. The van der Waals surface area contributed by atoms with Crippen molar-refractivity contribution in [2.75, 3.05) is 0 Å². The van der Waals surface area contributed by atoms with Gasteiger partial charge in [0.1, 0.15) is 11.5 Å². The van der Waals surface area contributed by atoms with Gasteiger partial charge in [0.25, 0.3) is 0 Å². The van der Waals surface area contributed by atoms with Crippen LogP contribution in [0.5, 0.6) is 11.5 Å². The zero-order valence-electron chi connectivity index (χ0n) is 12.9. The van der Waals surface area contributed by atoms with Crippen LogP contribution in [0.15, 0.2) is 84.9 Å². The minimum Gasteiger partial charge on any atom is -0.478 e. The first-order valence-corrected chi connectivity index (χ1v) is 7.56. The third-order valence-corrected chi connectivity index (χ3v) is 3.46. The third kappa shape index (κ3) is 3.90. The summed E-state index contributed by atoms with van der Waals surface area (Å²) in [6.07, 6.45) is 1.65. The topological polar surface area (TPSA) is 46.5 Å². The summed E-state index contributed by atoms with van der Waals surface area (Å²) in [5, 5.41) is 9.49. The Bertz CT molecular complexity index is 853. The smallest absolute Gasteiger partial charge is 0.336 e. The second kappa shape index (κ2) is 7.29. The van der Waals surface area contributed by atoms with Gasteiger partial charge in [0, 0.05) is 0 Å². The van der Waals surface area contributed by atoms with E-state index in [9.17, 15) is 9.90 Å². The lowest BCUT2D eigenvalue weighted by Crippen LogP contribution is -1.99. The molecule has 3 aromatic carbocycles. The van der Waals surface area contributed by atoms with E-state index in [1.165, 1.54) is 0 Å². The predicted octanol–water partition coefficient (Wildman–Crippen LogP) is 5.10. The van der Waals surface area contributed by atoms with Gasteiger partial charge in [0.2, 0.25) is 0 Å². The van der Waals surface area contributed by atoms with E-state index in [2.05, 4.69) is 0 Å². The molecule has 118 valence electrons. The molecule has 0 spiro atoms. The number of hydrogen-bond acceptors (Lipinski definition) is 2. The fourth-order valence-electron chi connectivity index (χ4n) is 2.35. The van der Waals surface area contributed by atoms with Crippen LogP contribution in [0.3, 0.4) is 0 Å². The Kier molecular flexibility index (Phi) is 4.73. The molecule has 3 rings (SSSR count). The summed E-state index contributed by atoms with van der Waals surface area (Å²) < 4.78 is 5.79. The van der Waals surface area contributed by atoms with Crippen LogP contribution in [-0.4, -0.2) is 11.1 Å². The highest BCUT2D eigenvalue weighted by atomic mass is 16.5. The van der Waals surface area contributed by atoms with Crippen LogP contribution in [-0.2, 0) is 4.79 Å². The maximum absolute atomic E-state index is 11.6. The normalized spacial score (nSPS) is 11.1. The van der Waals surface area contributed by atoms with E-state index in [1.54, 1.807) is 18.2 Å². The van der Waals surface area contributed by atoms with Gasteiger partial charge in [-0.15, -0.1) is 0 Å². The van der Waals surface area contributed by atoms with E-state index in [1.807, 2.05) is 72.8 Å². The standard InChI is InChI=1S/C21H16O3/c22-21(23)20(17-9-3-1-4-10-17)15-16-8-7-13-19(14-16)24-18-11-5-2-6-12-18/h1-15H,(H,22,23)/b20-15-. The molecule has 0 fully saturated rings. The first-order chi connectivity index (χ1) is 11.7. The number of benzene rings is 3. The van der Waals surface area contributed by atoms with Gasteiger partial charge in [-0.3, -0.25) is 0 Å². The summed E-state index contributed by atoms with van der Waals surface area (Å²) >= 11 is 0. The summed E-state index contributed by atoms with van der Waals surface area (Å²) in [7, 11) is 0. The number of rotatable bonds is 5. The van der Waals surface area contributed by atoms with Crippen molar-refractivity contribution in [1.29, 1.82) is 0 Å². The van der Waals surface area contributed by atoms with Crippen LogP contribution < -0.4 is 4.74 Å². The zero-order valence-corrected chi connectivity index (χ0v) is 12.9. The van der Waals surface area contributed by atoms with Gasteiger partial charge in [0.15, 0.2) is 0 Å². The molecule has 0 bridgehead atoms. The Morgan fingerprint density at radius 3 is 2.08 bits per heavy atom. The van der Waals surface area contributed by atoms with E-state index in [-0.39, 0.29) is 5.57 Å². The fraction of sp³-hybridized carbons (Fsp3) is 0. The number of para-hydroxylation sites is 1. The molecule has 0 radical (unpaired) electrons. The molecule has 0 aliphatic heterocycles. The number of carboxylic acid groups (broad SMARTS) is 1. The molecular formula is C21H16O3. The Morgan fingerprint density at radius 2 is 1.42 bits per heavy atom. The summed E-state index contributed by atoms with van der Waals surface area (Å²) in [6.45, 7) is 0. The summed E-state index contributed by atoms with van der Waals surface area (Å²) in [5.74, 6) is 0.434. The Balaban J connectivity index is 1.91. The zero-order chi connectivity index (χ0) is 16.8. The Morgan fingerprint density at radius 1 is 0.792 bits per heavy atom. The summed E-state index contributed by atoms with van der Waals surface area (Å²) in [4.78, 5) is 11.6. The van der Waals surface area contributed by atoms with Gasteiger partial charge >= 0.3 is 5.97 Å². The fourth-order valence-corrected chi connectivity index (χ4v) is 2.35. The van der Waals surface area contributed by atoms with Crippen molar-refractivity contribution in [3.63, 3.8) is 0 Å². The van der Waals surface area contributed by atoms with Gasteiger partial charge in [-0.1, -0.05) is 60.7 Å². The van der Waals surface area contributed by atoms with E-state index < -0.39 is 5.97 Å². The van der Waals surface area contributed by atoms with Crippen molar-refractivity contribution in [3.8, 4) is 11.5 Å². The first-order valence-electron chi connectivity index (χ1n) is 7.56. The van der Waals surface area contributed by atoms with Crippen molar-refractivity contribution >= 4 is 17.6 Å². The van der Waals surface area contributed by atoms with Crippen molar-refractivity contribution in [1.82, 2.24) is 0 Å². The lowest BCUT2D eigenvalue weighted by atomic mass is 10.0. The van der Waals surface area contributed by atoms with Crippen molar-refractivity contribution in [2.45, 2.75) is 0 Å². The van der Waals surface area contributed by atoms with Crippen molar-refractivity contribution in [2.24, 2.45) is 0 Å². The molecule has 3 nitrogen and oxygen atoms in total. The van der Waals surface area contributed by atoms with Crippen LogP contribution in [0.4, 0.5) is 0 Å². The van der Waals surface area contributed by atoms with E-state index >= 15 is 0 Å². The summed E-state index contributed by atoms with van der Waals surface area (Å²) in [5.41, 5.74) is 1.68. The van der Waals surface area contributed by atoms with Crippen LogP contribution in [0.25, 0.3) is 11.6 Å². The quantitative estimate of drug-likeness (QED) is 0.526. The maximum Gasteiger partial charge on any atom is 0.336 e. The van der Waals surface area contributed by atoms with Gasteiger partial charge < -0.3 is 9.84 Å². The molecular weight excluding hydrogens is 300 g/mol. The summed E-state index contributed by atoms with van der Waals surface area (Å²) in [6, 6.07) is 25.9. The molecule has 0 heterocycles. The highest BCUT2D eigenvalue weighted by molar-refractivity contribution is 6.20. The van der Waals surface area contributed by atoms with Gasteiger partial charge in [0.05, 0.1) is 5.57 Å². The lowest BCUT2D eigenvalue weighted by molar-refractivity contribution is -0.130. The van der Waals surface area contributed by atoms with E-state index in [0.717, 1.165) is 11.3 Å². The SMILES string of the molecule is O=C(O)/C(=C\c1cccc(Oc2ccccc2)c1)c1ccccc1. The van der Waals surface area contributed by atoms with Crippen molar-refractivity contribution < 1.29 is 14.6 Å². The molecule has 0 aliphatic rings. The average molecular weight is 316 g/mol. The van der Waals surface area contributed by atoms with Gasteiger partial charge in [-0.25, -0.2) is 4.79 Å².